The van der Waals surface area contributed by atoms with E-state index in [1.807, 2.05) is 37.3 Å². The van der Waals surface area contributed by atoms with Crippen molar-refractivity contribution in [3.63, 3.8) is 0 Å². The first-order valence-electron chi connectivity index (χ1n) is 8.77. The Morgan fingerprint density at radius 3 is 1.93 bits per heavy atom. The minimum Gasteiger partial charge on any atom is -0.478 e. The summed E-state index contributed by atoms with van der Waals surface area (Å²) in [6.45, 7) is 1.93. The molecule has 2 rings (SSSR count). The fourth-order valence-electron chi connectivity index (χ4n) is 2.24. The van der Waals surface area contributed by atoms with Gasteiger partial charge in [0.1, 0.15) is 11.4 Å². The molecule has 0 aromatic heterocycles. The van der Waals surface area contributed by atoms with E-state index < -0.39 is 5.97 Å². The van der Waals surface area contributed by atoms with E-state index in [0.29, 0.717) is 33.5 Å². The number of benzene rings is 2. The van der Waals surface area contributed by atoms with E-state index in [-0.39, 0.29) is 5.56 Å². The van der Waals surface area contributed by atoms with Crippen LogP contribution in [0, 0.1) is 0 Å². The molecule has 0 saturated carbocycles. The van der Waals surface area contributed by atoms with E-state index in [1.54, 1.807) is 19.2 Å². The molecule has 0 aliphatic rings. The topological polar surface area (TPSA) is 98.1 Å². The number of hydrazone groups is 2. The molecule has 0 aliphatic heterocycles. The number of carboxylic acid groups (broad SMARTS) is 1. The highest BCUT2D eigenvalue weighted by molar-refractivity contribution is 7.80. The number of rotatable bonds is 7. The van der Waals surface area contributed by atoms with Crippen molar-refractivity contribution in [3.8, 4) is 0 Å². The average molecular weight is 428 g/mol. The number of carboxylic acids is 1. The third-order valence-electron chi connectivity index (χ3n) is 3.79. The van der Waals surface area contributed by atoms with Crippen molar-refractivity contribution in [2.45, 2.75) is 13.3 Å². The first kappa shape index (κ1) is 22.1. The number of carbonyl (C=O) groups is 1. The first-order chi connectivity index (χ1) is 14.0. The Hall–Kier alpha value is -3.17. The molecule has 4 N–H and O–H groups in total. The highest BCUT2D eigenvalue weighted by Gasteiger charge is 2.16. The molecule has 2 aromatic carbocycles. The van der Waals surface area contributed by atoms with Crippen LogP contribution < -0.4 is 16.2 Å². The molecule has 9 heteroatoms. The number of nitrogens with one attached hydrogen (secondary N) is 3. The normalized spacial score (nSPS) is 11.5. The maximum Gasteiger partial charge on any atom is 0.335 e. The van der Waals surface area contributed by atoms with E-state index >= 15 is 0 Å². The van der Waals surface area contributed by atoms with Gasteiger partial charge in [0.2, 0.25) is 0 Å². The molecule has 0 radical (unpaired) electrons. The van der Waals surface area contributed by atoms with Gasteiger partial charge in [0, 0.05) is 18.2 Å². The summed E-state index contributed by atoms with van der Waals surface area (Å²) in [5, 5.41) is 21.2. The Morgan fingerprint density at radius 1 is 0.897 bits per heavy atom. The highest BCUT2D eigenvalue weighted by atomic mass is 32.1. The summed E-state index contributed by atoms with van der Waals surface area (Å²) in [6, 6.07) is 15.8. The Balaban J connectivity index is 2.58. The molecular weight excluding hydrogens is 406 g/mol. The van der Waals surface area contributed by atoms with Crippen molar-refractivity contribution >= 4 is 51.9 Å². The lowest BCUT2D eigenvalue weighted by molar-refractivity contribution is 0.0697. The van der Waals surface area contributed by atoms with Gasteiger partial charge in [0.15, 0.2) is 5.11 Å². The van der Waals surface area contributed by atoms with E-state index in [1.165, 1.54) is 12.1 Å². The molecule has 0 atom stereocenters. The van der Waals surface area contributed by atoms with Crippen LogP contribution in [0.5, 0.6) is 0 Å². The fourth-order valence-corrected chi connectivity index (χ4v) is 2.33. The van der Waals surface area contributed by atoms with Gasteiger partial charge in [-0.2, -0.15) is 10.2 Å². The van der Waals surface area contributed by atoms with Crippen LogP contribution in [0.25, 0.3) is 0 Å². The van der Waals surface area contributed by atoms with Gasteiger partial charge in [0.05, 0.1) is 10.6 Å². The van der Waals surface area contributed by atoms with Gasteiger partial charge in [-0.3, -0.25) is 10.9 Å². The minimum atomic E-state index is -1.00. The highest BCUT2D eigenvalue weighted by Crippen LogP contribution is 2.12. The van der Waals surface area contributed by atoms with Crippen molar-refractivity contribution < 1.29 is 9.90 Å². The Kier molecular flexibility index (Phi) is 8.38. The molecule has 0 spiro atoms. The zero-order valence-corrected chi connectivity index (χ0v) is 17.6. The van der Waals surface area contributed by atoms with Crippen LogP contribution in [0.3, 0.4) is 0 Å². The molecule has 7 nitrogen and oxygen atoms in total. The molecule has 0 saturated heterocycles. The van der Waals surface area contributed by atoms with Gasteiger partial charge < -0.3 is 10.4 Å². The molecule has 0 unspecified atom stereocenters. The van der Waals surface area contributed by atoms with Crippen molar-refractivity contribution in [1.29, 1.82) is 0 Å². The number of thiocarbonyl (C=S) groups is 2. The lowest BCUT2D eigenvalue weighted by Gasteiger charge is -2.13. The van der Waals surface area contributed by atoms with E-state index in [9.17, 15) is 4.79 Å². The van der Waals surface area contributed by atoms with Gasteiger partial charge in [-0.05, 0) is 30.8 Å². The number of hydrogen-bond donors (Lipinski definition) is 4. The summed E-state index contributed by atoms with van der Waals surface area (Å²) in [5.74, 6) is -1.00. The molecule has 0 fully saturated rings. The first-order valence-corrected chi connectivity index (χ1v) is 9.59. The van der Waals surface area contributed by atoms with Crippen molar-refractivity contribution in [2.24, 2.45) is 10.2 Å². The average Bonchev–Trinajstić information content (AvgIpc) is 2.76. The van der Waals surface area contributed by atoms with Gasteiger partial charge >= 0.3 is 5.97 Å². The predicted octanol–water partition coefficient (Wildman–Crippen LogP) is 2.91. The molecule has 0 aliphatic carbocycles. The van der Waals surface area contributed by atoms with Gasteiger partial charge in [-0.25, -0.2) is 4.79 Å². The summed E-state index contributed by atoms with van der Waals surface area (Å²) < 4.78 is 0. The van der Waals surface area contributed by atoms with E-state index in [4.69, 9.17) is 29.5 Å². The maximum atomic E-state index is 11.2. The largest absolute Gasteiger partial charge is 0.478 e. The smallest absolute Gasteiger partial charge is 0.335 e. The van der Waals surface area contributed by atoms with Crippen LogP contribution in [0.1, 0.15) is 34.8 Å². The number of nitrogens with zero attached hydrogens (tertiary/aromatic N) is 2. The SMILES string of the molecule is CCC(=S)NN=C(C(=NNC(=S)NC)c1ccc(C(=O)O)cc1)c1ccccc1. The minimum absolute atomic E-state index is 0.176. The maximum absolute atomic E-state index is 11.2. The lowest BCUT2D eigenvalue weighted by Crippen LogP contribution is -2.32. The van der Waals surface area contributed by atoms with Gasteiger partial charge in [0.25, 0.3) is 0 Å². The Morgan fingerprint density at radius 2 is 1.41 bits per heavy atom. The fraction of sp³-hybridized carbons (Fsp3) is 0.150. The van der Waals surface area contributed by atoms with Crippen molar-refractivity contribution in [1.82, 2.24) is 16.2 Å². The second kappa shape index (κ2) is 11.0. The molecule has 150 valence electrons. The Labute approximate surface area is 179 Å². The lowest BCUT2D eigenvalue weighted by atomic mass is 9.99. The predicted molar refractivity (Wildman–Crippen MR) is 124 cm³/mol. The second-order valence-corrected chi connectivity index (χ2v) is 6.65. The third kappa shape index (κ3) is 6.44. The summed E-state index contributed by atoms with van der Waals surface area (Å²) in [7, 11) is 1.68. The van der Waals surface area contributed by atoms with Crippen LogP contribution in [-0.4, -0.2) is 39.6 Å². The van der Waals surface area contributed by atoms with Crippen molar-refractivity contribution in [3.05, 3.63) is 71.3 Å². The van der Waals surface area contributed by atoms with Crippen LogP contribution in [0.2, 0.25) is 0 Å². The molecule has 2 aromatic rings. The molecular formula is C20H21N5O2S2. The van der Waals surface area contributed by atoms with Crippen LogP contribution in [0.4, 0.5) is 0 Å². The quantitative estimate of drug-likeness (QED) is 0.306. The summed E-state index contributed by atoms with van der Waals surface area (Å²) >= 11 is 10.4. The number of hydrogen-bond acceptors (Lipinski definition) is 5. The van der Waals surface area contributed by atoms with Crippen LogP contribution in [-0.2, 0) is 0 Å². The second-order valence-electron chi connectivity index (χ2n) is 5.75. The summed E-state index contributed by atoms with van der Waals surface area (Å²) in [5.41, 5.74) is 8.28. The molecule has 29 heavy (non-hydrogen) atoms. The zero-order chi connectivity index (χ0) is 21.2. The molecule has 0 bridgehead atoms. The molecule has 0 amide bonds. The van der Waals surface area contributed by atoms with Crippen molar-refractivity contribution in [2.75, 3.05) is 7.05 Å². The summed E-state index contributed by atoms with van der Waals surface area (Å²) in [4.78, 5) is 11.8. The number of aromatic carboxylic acids is 1. The summed E-state index contributed by atoms with van der Waals surface area (Å²) in [6.07, 6.45) is 0.642. The Bertz CT molecular complexity index is 941. The van der Waals surface area contributed by atoms with E-state index in [2.05, 4.69) is 26.4 Å². The monoisotopic (exact) mass is 427 g/mol. The third-order valence-corrected chi connectivity index (χ3v) is 4.46. The van der Waals surface area contributed by atoms with Crippen LogP contribution >= 0.6 is 24.4 Å². The van der Waals surface area contributed by atoms with E-state index in [0.717, 1.165) is 5.56 Å². The molecule has 0 heterocycles. The standard InChI is InChI=1S/C20H21N5O2S2/c1-3-16(28)22-23-17(13-7-5-4-6-8-13)18(24-25-20(29)21-2)14-9-11-15(12-10-14)19(26)27/h4-12H,3H2,1-2H3,(H,22,28)(H,26,27)(H2,21,25,29). The van der Waals surface area contributed by atoms with Gasteiger partial charge in [-0.15, -0.1) is 0 Å². The van der Waals surface area contributed by atoms with Crippen LogP contribution in [0.15, 0.2) is 64.8 Å². The zero-order valence-electron chi connectivity index (χ0n) is 16.0. The van der Waals surface area contributed by atoms with Gasteiger partial charge in [-0.1, -0.05) is 61.6 Å².